The molecule has 3 aromatic rings. The smallest absolute Gasteiger partial charge is 0.326 e. The quantitative estimate of drug-likeness (QED) is 0.0535. The van der Waals surface area contributed by atoms with Crippen molar-refractivity contribution in [1.29, 1.82) is 0 Å². The Balaban J connectivity index is 0.000000318. The number of methoxy groups -OCH3 is 2. The van der Waals surface area contributed by atoms with Crippen molar-refractivity contribution >= 4 is 58.1 Å². The highest BCUT2D eigenvalue weighted by molar-refractivity contribution is 7.14. The number of hydrogen-bond acceptors (Lipinski definition) is 11. The minimum absolute atomic E-state index is 0.00988. The first-order valence-corrected chi connectivity index (χ1v) is 24.5. The van der Waals surface area contributed by atoms with Crippen molar-refractivity contribution in [3.8, 4) is 22.9 Å². The normalized spacial score (nSPS) is 15.9. The van der Waals surface area contributed by atoms with Gasteiger partial charge in [-0.2, -0.15) is 0 Å². The molecule has 2 aliphatic heterocycles. The van der Waals surface area contributed by atoms with Gasteiger partial charge in [0, 0.05) is 67.6 Å². The average Bonchev–Trinajstić information content (AvgIpc) is 3.93. The molecule has 5 N–H and O–H groups in total. The van der Waals surface area contributed by atoms with Crippen LogP contribution in [-0.4, -0.2) is 120 Å². The van der Waals surface area contributed by atoms with Crippen molar-refractivity contribution in [2.24, 2.45) is 11.3 Å². The molecule has 3 unspecified atom stereocenters. The number of pyridine rings is 1. The van der Waals surface area contributed by atoms with E-state index in [1.807, 2.05) is 53.3 Å². The number of carbonyl (C=O) groups is 5. The Bertz CT molecular complexity index is 1920. The summed E-state index contributed by atoms with van der Waals surface area (Å²) in [6, 6.07) is 7.57. The number of piperidine rings is 1. The number of carboxylic acids is 1. The predicted octanol–water partition coefficient (Wildman–Crippen LogP) is 8.74. The topological polar surface area (TPSA) is 204 Å². The first-order valence-electron chi connectivity index (χ1n) is 23.6. The molecule has 0 bridgehead atoms. The second-order valence-electron chi connectivity index (χ2n) is 18.3. The zero-order chi connectivity index (χ0) is 49.2. The van der Waals surface area contributed by atoms with Crippen molar-refractivity contribution < 1.29 is 38.6 Å². The van der Waals surface area contributed by atoms with Crippen LogP contribution in [0.25, 0.3) is 22.3 Å². The second-order valence-corrected chi connectivity index (χ2v) is 19.1. The van der Waals surface area contributed by atoms with Crippen LogP contribution in [0.1, 0.15) is 133 Å². The molecular formula is C49H80N8O8S. The van der Waals surface area contributed by atoms with Crippen LogP contribution < -0.4 is 30.7 Å². The van der Waals surface area contributed by atoms with Gasteiger partial charge in [-0.1, -0.05) is 66.7 Å². The zero-order valence-corrected chi connectivity index (χ0v) is 42.4. The van der Waals surface area contributed by atoms with Crippen molar-refractivity contribution in [1.82, 2.24) is 35.7 Å². The molecule has 370 valence electrons. The van der Waals surface area contributed by atoms with Crippen molar-refractivity contribution in [3.63, 3.8) is 0 Å². The van der Waals surface area contributed by atoms with Crippen LogP contribution >= 0.6 is 11.3 Å². The van der Waals surface area contributed by atoms with Crippen LogP contribution in [0.5, 0.6) is 11.5 Å². The number of hydrogen-bond donors (Lipinski definition) is 5. The fourth-order valence-electron chi connectivity index (χ4n) is 7.39. The molecule has 5 rings (SSSR count). The maximum atomic E-state index is 11.9. The van der Waals surface area contributed by atoms with E-state index < -0.39 is 12.0 Å². The van der Waals surface area contributed by atoms with Gasteiger partial charge in [-0.3, -0.25) is 14.4 Å². The Labute approximate surface area is 397 Å². The number of rotatable bonds is 20. The highest BCUT2D eigenvalue weighted by atomic mass is 32.1. The third-order valence-electron chi connectivity index (χ3n) is 11.5. The lowest BCUT2D eigenvalue weighted by molar-refractivity contribution is -0.142. The largest absolute Gasteiger partial charge is 0.497 e. The summed E-state index contributed by atoms with van der Waals surface area (Å²) < 4.78 is 10.8. The number of fused-ring (bicyclic) bond motifs is 1. The number of urea groups is 1. The zero-order valence-electron chi connectivity index (χ0n) is 41.5. The Kier molecular flexibility index (Phi) is 26.0. The highest BCUT2D eigenvalue weighted by Gasteiger charge is 2.31. The number of amides is 5. The standard InChI is InChI=1S/C17H19N3O2S.C14H27N3O2.C12H23NO3.C6H11NO/c1-10(2)18-17-20-15(9-23-17)14-8-16(22-4)12-6-5-11(21-3)7-13(12)19-14;1-5-15-13(19)16-11(14(2,3)4)10-17-9-7-6-8-12(17)18;1-3-4-5-6-7-8-10(2)11(12(15)16)13-9-14;1-6-3-2-4-7(6)5-8/h5-10H,1-4H3,(H,18,20);11H,5-10H2,1-4H3,(H2,15,16,19);9-11H,3-8H2,1-2H3,(H,13,14)(H,15,16);5-6H,2-4H2,1H3/t;;;6-/m...1/s1. The van der Waals surface area contributed by atoms with Gasteiger partial charge in [-0.05, 0) is 83.3 Å². The van der Waals surface area contributed by atoms with Crippen molar-refractivity contribution in [3.05, 3.63) is 29.6 Å². The van der Waals surface area contributed by atoms with Gasteiger partial charge in [0.05, 0.1) is 31.5 Å². The fraction of sp³-hybridized carbons (Fsp3) is 0.653. The molecule has 2 fully saturated rings. The van der Waals surface area contributed by atoms with Crippen LogP contribution in [0.2, 0.25) is 0 Å². The van der Waals surface area contributed by atoms with Crippen LogP contribution in [0.3, 0.4) is 0 Å². The van der Waals surface area contributed by atoms with Crippen LogP contribution in [-0.2, 0) is 19.2 Å². The molecule has 4 heterocycles. The molecule has 17 heteroatoms. The van der Waals surface area contributed by atoms with Gasteiger partial charge in [0.15, 0.2) is 5.13 Å². The number of likely N-dealkylation sites (tertiary alicyclic amines) is 2. The van der Waals surface area contributed by atoms with E-state index in [-0.39, 0.29) is 29.3 Å². The number of nitrogens with one attached hydrogen (secondary N) is 4. The number of carbonyl (C=O) groups excluding carboxylic acids is 4. The van der Waals surface area contributed by atoms with E-state index >= 15 is 0 Å². The van der Waals surface area contributed by atoms with Gasteiger partial charge < -0.3 is 45.6 Å². The molecule has 0 radical (unpaired) electrons. The first kappa shape index (κ1) is 56.9. The maximum Gasteiger partial charge on any atom is 0.326 e. The lowest BCUT2D eigenvalue weighted by Gasteiger charge is -2.37. The summed E-state index contributed by atoms with van der Waals surface area (Å²) in [6.07, 6.45) is 13.1. The highest BCUT2D eigenvalue weighted by Crippen LogP contribution is 2.33. The third kappa shape index (κ3) is 20.1. The van der Waals surface area contributed by atoms with Crippen molar-refractivity contribution in [2.45, 2.75) is 157 Å². The fourth-order valence-corrected chi connectivity index (χ4v) is 8.24. The van der Waals surface area contributed by atoms with Gasteiger partial charge in [0.25, 0.3) is 0 Å². The monoisotopic (exact) mass is 941 g/mol. The molecule has 16 nitrogen and oxygen atoms in total. The van der Waals surface area contributed by atoms with E-state index in [1.165, 1.54) is 32.1 Å². The molecule has 0 aliphatic carbocycles. The van der Waals surface area contributed by atoms with Gasteiger partial charge in [-0.15, -0.1) is 11.3 Å². The lowest BCUT2D eigenvalue weighted by Crippen LogP contribution is -2.54. The summed E-state index contributed by atoms with van der Waals surface area (Å²) in [4.78, 5) is 67.9. The number of anilines is 1. The van der Waals surface area contributed by atoms with Gasteiger partial charge in [0.2, 0.25) is 18.7 Å². The molecule has 0 spiro atoms. The maximum absolute atomic E-state index is 11.9. The summed E-state index contributed by atoms with van der Waals surface area (Å²) in [5, 5.41) is 24.1. The van der Waals surface area contributed by atoms with E-state index in [4.69, 9.17) is 19.6 Å². The SMILES string of the molecule is CCCCCCCC(C)C(NC=O)C(=O)O.CCNC(=O)NC(CN1CCCCC1=O)C(C)(C)C.COc1ccc2c(OC)cc(-c3csc(NC(C)C)n3)nc2c1.C[C@@H]1CCCN1C=O. The number of ether oxygens (including phenoxy) is 2. The van der Waals surface area contributed by atoms with E-state index in [2.05, 4.69) is 74.7 Å². The summed E-state index contributed by atoms with van der Waals surface area (Å²) in [7, 11) is 3.31. The Morgan fingerprint density at radius 2 is 1.70 bits per heavy atom. The lowest BCUT2D eigenvalue weighted by atomic mass is 9.86. The van der Waals surface area contributed by atoms with Crippen molar-refractivity contribution in [2.75, 3.05) is 45.7 Å². The molecular weight excluding hydrogens is 861 g/mol. The number of thiazole rings is 1. The summed E-state index contributed by atoms with van der Waals surface area (Å²) in [5.41, 5.74) is 2.37. The molecule has 2 saturated heterocycles. The molecule has 5 amide bonds. The number of nitrogens with zero attached hydrogens (tertiary/aromatic N) is 4. The second kappa shape index (κ2) is 30.2. The van der Waals surface area contributed by atoms with Crippen LogP contribution in [0, 0.1) is 11.3 Å². The van der Waals surface area contributed by atoms with E-state index in [1.54, 1.807) is 25.6 Å². The molecule has 2 aromatic heterocycles. The predicted molar refractivity (Wildman–Crippen MR) is 265 cm³/mol. The Hall–Kier alpha value is -5.19. The number of aromatic nitrogens is 2. The summed E-state index contributed by atoms with van der Waals surface area (Å²) in [6.45, 7) is 21.4. The van der Waals surface area contributed by atoms with E-state index in [0.717, 1.165) is 90.5 Å². The Morgan fingerprint density at radius 3 is 2.24 bits per heavy atom. The van der Waals surface area contributed by atoms with Crippen LogP contribution in [0.15, 0.2) is 29.6 Å². The Morgan fingerprint density at radius 1 is 0.970 bits per heavy atom. The minimum atomic E-state index is -0.951. The molecule has 66 heavy (non-hydrogen) atoms. The number of carboxylic acid groups (broad SMARTS) is 1. The van der Waals surface area contributed by atoms with Gasteiger partial charge >= 0.3 is 12.0 Å². The van der Waals surface area contributed by atoms with Gasteiger partial charge in [0.1, 0.15) is 23.2 Å². The number of unbranched alkanes of at least 4 members (excludes halogenated alkanes) is 4. The van der Waals surface area contributed by atoms with Gasteiger partial charge in [-0.25, -0.2) is 19.6 Å². The van der Waals surface area contributed by atoms with E-state index in [9.17, 15) is 24.0 Å². The third-order valence-corrected chi connectivity index (χ3v) is 12.2. The minimum Gasteiger partial charge on any atom is -0.497 e. The van der Waals surface area contributed by atoms with Crippen LogP contribution in [0.4, 0.5) is 9.93 Å². The summed E-state index contributed by atoms with van der Waals surface area (Å²) >= 11 is 1.57. The number of aliphatic carboxylic acids is 1. The molecule has 0 saturated carbocycles. The molecule has 2 aliphatic rings. The number of benzene rings is 1. The molecule has 1 aromatic carbocycles. The molecule has 4 atom stereocenters. The summed E-state index contributed by atoms with van der Waals surface area (Å²) in [5.74, 6) is 0.791. The first-order chi connectivity index (χ1) is 31.4. The average molecular weight is 941 g/mol. The van der Waals surface area contributed by atoms with E-state index in [0.29, 0.717) is 38.0 Å².